The van der Waals surface area contributed by atoms with Crippen molar-refractivity contribution in [3.63, 3.8) is 0 Å². The average molecular weight is 223 g/mol. The van der Waals surface area contributed by atoms with E-state index in [1.54, 1.807) is 12.1 Å². The molecule has 6 heteroatoms. The molecule has 16 heavy (non-hydrogen) atoms. The van der Waals surface area contributed by atoms with E-state index in [4.69, 9.17) is 10.8 Å². The highest BCUT2D eigenvalue weighted by Gasteiger charge is 2.29. The molecule has 0 aliphatic heterocycles. The number of rotatable bonds is 3. The van der Waals surface area contributed by atoms with Crippen LogP contribution in [0.15, 0.2) is 18.2 Å². The van der Waals surface area contributed by atoms with Crippen molar-refractivity contribution in [1.82, 2.24) is 0 Å². The lowest BCUT2D eigenvalue weighted by Gasteiger charge is -2.32. The summed E-state index contributed by atoms with van der Waals surface area (Å²) >= 11 is 0. The molecule has 1 aliphatic rings. The van der Waals surface area contributed by atoms with Crippen LogP contribution in [0, 0.1) is 10.1 Å². The van der Waals surface area contributed by atoms with Crippen molar-refractivity contribution in [3.8, 4) is 0 Å². The SMILES string of the molecule is Nc1cccc(NC2CC(O)C2)c1[N+](=O)[O-]. The molecule has 1 fully saturated rings. The quantitative estimate of drug-likeness (QED) is 0.405. The van der Waals surface area contributed by atoms with Gasteiger partial charge < -0.3 is 16.2 Å². The Bertz CT molecular complexity index is 416. The van der Waals surface area contributed by atoms with Crippen LogP contribution < -0.4 is 11.1 Å². The van der Waals surface area contributed by atoms with Gasteiger partial charge in [0.25, 0.3) is 0 Å². The van der Waals surface area contributed by atoms with E-state index in [1.165, 1.54) is 6.07 Å². The molecular formula is C10H13N3O3. The molecule has 0 atom stereocenters. The van der Waals surface area contributed by atoms with E-state index in [2.05, 4.69) is 5.32 Å². The Kier molecular flexibility index (Phi) is 2.66. The van der Waals surface area contributed by atoms with Gasteiger partial charge in [-0.3, -0.25) is 10.1 Å². The topological polar surface area (TPSA) is 101 Å². The Labute approximate surface area is 92.2 Å². The van der Waals surface area contributed by atoms with E-state index < -0.39 is 4.92 Å². The van der Waals surface area contributed by atoms with Gasteiger partial charge in [-0.05, 0) is 25.0 Å². The van der Waals surface area contributed by atoms with Crippen molar-refractivity contribution in [2.75, 3.05) is 11.1 Å². The highest BCUT2D eigenvalue weighted by Crippen LogP contribution is 2.33. The second kappa shape index (κ2) is 3.97. The van der Waals surface area contributed by atoms with Gasteiger partial charge in [0, 0.05) is 6.04 Å². The number of nitrogens with one attached hydrogen (secondary N) is 1. The van der Waals surface area contributed by atoms with E-state index in [-0.39, 0.29) is 23.5 Å². The van der Waals surface area contributed by atoms with Gasteiger partial charge in [0.15, 0.2) is 0 Å². The lowest BCUT2D eigenvalue weighted by Crippen LogP contribution is -2.39. The zero-order valence-electron chi connectivity index (χ0n) is 8.59. The van der Waals surface area contributed by atoms with Crippen molar-refractivity contribution in [3.05, 3.63) is 28.3 Å². The Balaban J connectivity index is 2.19. The molecule has 0 heterocycles. The summed E-state index contributed by atoms with van der Waals surface area (Å²) in [4.78, 5) is 10.3. The largest absolute Gasteiger partial charge is 0.393 e. The van der Waals surface area contributed by atoms with Crippen LogP contribution in [0.1, 0.15) is 12.8 Å². The molecule has 1 aromatic rings. The summed E-state index contributed by atoms with van der Waals surface area (Å²) in [6.07, 6.45) is 0.940. The summed E-state index contributed by atoms with van der Waals surface area (Å²) in [5.41, 5.74) is 6.03. The lowest BCUT2D eigenvalue weighted by atomic mass is 9.89. The van der Waals surface area contributed by atoms with Crippen LogP contribution >= 0.6 is 0 Å². The Hall–Kier alpha value is -1.82. The van der Waals surface area contributed by atoms with Gasteiger partial charge in [-0.25, -0.2) is 0 Å². The first-order chi connectivity index (χ1) is 7.58. The number of nitro benzene ring substituents is 1. The summed E-state index contributed by atoms with van der Waals surface area (Å²) in [6.45, 7) is 0. The fraction of sp³-hybridized carbons (Fsp3) is 0.400. The third kappa shape index (κ3) is 1.92. The van der Waals surface area contributed by atoms with E-state index in [0.717, 1.165) is 0 Å². The minimum atomic E-state index is -0.493. The standard InChI is InChI=1S/C10H13N3O3/c11-8-2-1-3-9(10(8)13(15)16)12-6-4-7(14)5-6/h1-3,6-7,12,14H,4-5,11H2. The Morgan fingerprint density at radius 2 is 2.19 bits per heavy atom. The number of hydrogen-bond donors (Lipinski definition) is 3. The zero-order valence-corrected chi connectivity index (χ0v) is 8.59. The second-order valence-corrected chi connectivity index (χ2v) is 3.97. The van der Waals surface area contributed by atoms with Crippen molar-refractivity contribution in [2.45, 2.75) is 25.0 Å². The van der Waals surface area contributed by atoms with E-state index in [1.807, 2.05) is 0 Å². The summed E-state index contributed by atoms with van der Waals surface area (Å²) in [5.74, 6) is 0. The number of nitrogens with two attached hydrogens (primary N) is 1. The molecule has 0 aromatic heterocycles. The Morgan fingerprint density at radius 1 is 1.50 bits per heavy atom. The first kappa shape index (κ1) is 10.7. The minimum Gasteiger partial charge on any atom is -0.393 e. The van der Waals surface area contributed by atoms with Crippen LogP contribution in [0.25, 0.3) is 0 Å². The third-order valence-electron chi connectivity index (χ3n) is 2.72. The van der Waals surface area contributed by atoms with Crippen LogP contribution in [0.3, 0.4) is 0 Å². The first-order valence-corrected chi connectivity index (χ1v) is 5.05. The number of anilines is 2. The van der Waals surface area contributed by atoms with Gasteiger partial charge in [0.05, 0.1) is 11.0 Å². The molecule has 1 saturated carbocycles. The molecule has 86 valence electrons. The number of nitrogens with zero attached hydrogens (tertiary/aromatic N) is 1. The molecule has 4 N–H and O–H groups in total. The van der Waals surface area contributed by atoms with E-state index in [0.29, 0.717) is 18.5 Å². The van der Waals surface area contributed by atoms with Crippen LogP contribution in [0.5, 0.6) is 0 Å². The summed E-state index contributed by atoms with van der Waals surface area (Å²) in [6, 6.07) is 4.88. The summed E-state index contributed by atoms with van der Waals surface area (Å²) < 4.78 is 0. The Morgan fingerprint density at radius 3 is 2.75 bits per heavy atom. The molecule has 0 saturated heterocycles. The first-order valence-electron chi connectivity index (χ1n) is 5.05. The molecule has 1 aliphatic carbocycles. The number of nitro groups is 1. The maximum atomic E-state index is 10.8. The van der Waals surface area contributed by atoms with Crippen LogP contribution in [-0.4, -0.2) is 22.2 Å². The molecule has 6 nitrogen and oxygen atoms in total. The molecule has 0 bridgehead atoms. The molecule has 1 aromatic carbocycles. The molecular weight excluding hydrogens is 210 g/mol. The van der Waals surface area contributed by atoms with Gasteiger partial charge >= 0.3 is 5.69 Å². The van der Waals surface area contributed by atoms with Crippen molar-refractivity contribution < 1.29 is 10.0 Å². The number of para-hydroxylation sites is 1. The van der Waals surface area contributed by atoms with Gasteiger partial charge in [-0.2, -0.15) is 0 Å². The number of aliphatic hydroxyl groups is 1. The predicted molar refractivity (Wildman–Crippen MR) is 60.2 cm³/mol. The van der Waals surface area contributed by atoms with Gasteiger partial charge in [-0.15, -0.1) is 0 Å². The molecule has 0 unspecified atom stereocenters. The molecule has 0 radical (unpaired) electrons. The maximum absolute atomic E-state index is 10.8. The van der Waals surface area contributed by atoms with Crippen molar-refractivity contribution in [1.29, 1.82) is 0 Å². The fourth-order valence-corrected chi connectivity index (χ4v) is 1.81. The maximum Gasteiger partial charge on any atom is 0.314 e. The number of aliphatic hydroxyl groups excluding tert-OH is 1. The highest BCUT2D eigenvalue weighted by molar-refractivity contribution is 5.74. The van der Waals surface area contributed by atoms with E-state index in [9.17, 15) is 10.1 Å². The smallest absolute Gasteiger partial charge is 0.314 e. The molecule has 0 spiro atoms. The molecule has 2 rings (SSSR count). The molecule has 0 amide bonds. The second-order valence-electron chi connectivity index (χ2n) is 3.97. The number of hydrogen-bond acceptors (Lipinski definition) is 5. The average Bonchev–Trinajstić information content (AvgIpc) is 2.14. The normalized spacial score (nSPS) is 23.6. The monoisotopic (exact) mass is 223 g/mol. The van der Waals surface area contributed by atoms with Crippen LogP contribution in [0.2, 0.25) is 0 Å². The van der Waals surface area contributed by atoms with Crippen molar-refractivity contribution >= 4 is 17.1 Å². The predicted octanol–water partition coefficient (Wildman–Crippen LogP) is 1.11. The van der Waals surface area contributed by atoms with E-state index >= 15 is 0 Å². The number of nitrogen functional groups attached to an aromatic ring is 1. The van der Waals surface area contributed by atoms with Gasteiger partial charge in [0.1, 0.15) is 11.4 Å². The highest BCUT2D eigenvalue weighted by atomic mass is 16.6. The van der Waals surface area contributed by atoms with Crippen LogP contribution in [0.4, 0.5) is 17.1 Å². The zero-order chi connectivity index (χ0) is 11.7. The fourth-order valence-electron chi connectivity index (χ4n) is 1.81. The third-order valence-corrected chi connectivity index (χ3v) is 2.72. The van der Waals surface area contributed by atoms with Gasteiger partial charge in [-0.1, -0.05) is 6.07 Å². The van der Waals surface area contributed by atoms with Crippen LogP contribution in [-0.2, 0) is 0 Å². The summed E-state index contributed by atoms with van der Waals surface area (Å²) in [5, 5.41) is 23.0. The summed E-state index contributed by atoms with van der Waals surface area (Å²) in [7, 11) is 0. The lowest BCUT2D eigenvalue weighted by molar-refractivity contribution is -0.383. The minimum absolute atomic E-state index is 0.0931. The van der Waals surface area contributed by atoms with Crippen molar-refractivity contribution in [2.24, 2.45) is 0 Å². The van der Waals surface area contributed by atoms with Gasteiger partial charge in [0.2, 0.25) is 0 Å². The number of benzene rings is 1.